The summed E-state index contributed by atoms with van der Waals surface area (Å²) in [4.78, 5) is 16.3. The van der Waals surface area contributed by atoms with E-state index in [0.29, 0.717) is 0 Å². The second kappa shape index (κ2) is 3.82. The number of rotatable bonds is 2. The van der Waals surface area contributed by atoms with Crippen molar-refractivity contribution in [1.82, 2.24) is 9.38 Å². The summed E-state index contributed by atoms with van der Waals surface area (Å²) in [6.45, 7) is 1.97. The largest absolute Gasteiger partial charge is 0.299 e. The van der Waals surface area contributed by atoms with Gasteiger partial charge < -0.3 is 0 Å². The van der Waals surface area contributed by atoms with E-state index in [-0.39, 0.29) is 0 Å². The molecule has 0 atom stereocenters. The molecule has 0 amide bonds. The molecule has 0 N–H and O–H groups in total. The van der Waals surface area contributed by atoms with E-state index >= 15 is 0 Å². The lowest BCUT2D eigenvalue weighted by Gasteiger charge is -2.01. The van der Waals surface area contributed by atoms with Gasteiger partial charge in [0, 0.05) is 11.8 Å². The fraction of sp³-hybridized carbons (Fsp3) is 0.0769. The molecule has 3 aromatic heterocycles. The zero-order valence-corrected chi connectivity index (χ0v) is 10.1. The van der Waals surface area contributed by atoms with Gasteiger partial charge in [-0.25, -0.2) is 4.98 Å². The molecule has 0 aromatic carbocycles. The van der Waals surface area contributed by atoms with Crippen molar-refractivity contribution in [3.63, 3.8) is 0 Å². The molecule has 0 saturated heterocycles. The number of aldehydes is 1. The molecule has 3 heterocycles. The van der Waals surface area contributed by atoms with Gasteiger partial charge in [0.2, 0.25) is 0 Å². The minimum Gasteiger partial charge on any atom is -0.299 e. The Morgan fingerprint density at radius 2 is 2.24 bits per heavy atom. The molecule has 0 aliphatic carbocycles. The number of thiophene rings is 1. The summed E-state index contributed by atoms with van der Waals surface area (Å²) in [5.41, 5.74) is 3.81. The summed E-state index contributed by atoms with van der Waals surface area (Å²) in [6.07, 6.45) is 2.87. The predicted molar refractivity (Wildman–Crippen MR) is 68.6 cm³/mol. The number of aryl methyl sites for hydroxylation is 1. The quantitative estimate of drug-likeness (QED) is 0.647. The smallest absolute Gasteiger partial charge is 0.160 e. The van der Waals surface area contributed by atoms with E-state index in [2.05, 4.69) is 4.98 Å². The van der Waals surface area contributed by atoms with E-state index in [1.165, 1.54) is 11.3 Å². The van der Waals surface area contributed by atoms with E-state index in [4.69, 9.17) is 0 Å². The van der Waals surface area contributed by atoms with Crippen molar-refractivity contribution in [3.8, 4) is 11.3 Å². The maximum Gasteiger partial charge on any atom is 0.160 e. The molecule has 3 nitrogen and oxygen atoms in total. The highest BCUT2D eigenvalue weighted by Gasteiger charge is 2.14. The van der Waals surface area contributed by atoms with Gasteiger partial charge in [-0.3, -0.25) is 9.20 Å². The minimum absolute atomic E-state index is 0.749. The lowest BCUT2D eigenvalue weighted by molar-refractivity contribution is 0.112. The second-order valence-electron chi connectivity index (χ2n) is 3.79. The van der Waals surface area contributed by atoms with Crippen molar-refractivity contribution < 1.29 is 4.79 Å². The van der Waals surface area contributed by atoms with Gasteiger partial charge in [0.15, 0.2) is 6.29 Å². The van der Waals surface area contributed by atoms with Crippen LogP contribution < -0.4 is 0 Å². The summed E-state index contributed by atoms with van der Waals surface area (Å²) >= 11 is 1.46. The highest BCUT2D eigenvalue weighted by atomic mass is 32.1. The van der Waals surface area contributed by atoms with Crippen LogP contribution in [0.2, 0.25) is 0 Å². The van der Waals surface area contributed by atoms with Crippen molar-refractivity contribution in [2.45, 2.75) is 6.92 Å². The third-order valence-electron chi connectivity index (χ3n) is 2.76. The Balaban J connectivity index is 2.37. The number of fused-ring (bicyclic) bond motifs is 1. The lowest BCUT2D eigenvalue weighted by Crippen LogP contribution is -1.89. The Morgan fingerprint density at radius 3 is 3.06 bits per heavy atom. The monoisotopic (exact) mass is 242 g/mol. The van der Waals surface area contributed by atoms with Crippen LogP contribution in [0, 0.1) is 6.92 Å². The zero-order valence-electron chi connectivity index (χ0n) is 9.25. The van der Waals surface area contributed by atoms with Crippen LogP contribution in [0.1, 0.15) is 15.4 Å². The zero-order chi connectivity index (χ0) is 11.8. The summed E-state index contributed by atoms with van der Waals surface area (Å²) in [7, 11) is 0. The minimum atomic E-state index is 0.749. The van der Waals surface area contributed by atoms with Crippen LogP contribution in [-0.4, -0.2) is 15.7 Å². The van der Waals surface area contributed by atoms with Crippen LogP contribution in [-0.2, 0) is 0 Å². The molecule has 0 unspecified atom stereocenters. The van der Waals surface area contributed by atoms with E-state index in [9.17, 15) is 4.79 Å². The number of hydrogen-bond acceptors (Lipinski definition) is 3. The highest BCUT2D eigenvalue weighted by Crippen LogP contribution is 2.30. The number of carbonyl (C=O) groups is 1. The molecular formula is C13H10N2OS. The Labute approximate surface area is 102 Å². The molecule has 3 aromatic rings. The number of pyridine rings is 1. The first-order valence-electron chi connectivity index (χ1n) is 5.28. The first-order valence-corrected chi connectivity index (χ1v) is 6.16. The molecule has 0 spiro atoms. The van der Waals surface area contributed by atoms with Crippen molar-refractivity contribution in [1.29, 1.82) is 0 Å². The van der Waals surface area contributed by atoms with Crippen molar-refractivity contribution in [3.05, 3.63) is 46.4 Å². The van der Waals surface area contributed by atoms with Gasteiger partial charge in [-0.2, -0.15) is 0 Å². The highest BCUT2D eigenvalue weighted by molar-refractivity contribution is 7.12. The fourth-order valence-corrected chi connectivity index (χ4v) is 2.74. The van der Waals surface area contributed by atoms with Crippen LogP contribution in [0.4, 0.5) is 0 Å². The van der Waals surface area contributed by atoms with Gasteiger partial charge in [-0.05, 0) is 30.5 Å². The molecular weight excluding hydrogens is 232 g/mol. The van der Waals surface area contributed by atoms with Gasteiger partial charge in [0.1, 0.15) is 5.65 Å². The van der Waals surface area contributed by atoms with Crippen molar-refractivity contribution in [2.24, 2.45) is 0 Å². The molecule has 0 aliphatic heterocycles. The average Bonchev–Trinajstić information content (AvgIpc) is 2.90. The van der Waals surface area contributed by atoms with Crippen LogP contribution >= 0.6 is 11.3 Å². The SMILES string of the molecule is Cc1nc2ccccn2c1-c1ccsc1C=O. The van der Waals surface area contributed by atoms with E-state index < -0.39 is 0 Å². The standard InChI is InChI=1S/C13H10N2OS/c1-9-13(10-5-7-17-11(10)8-16)15-6-3-2-4-12(15)14-9/h2-8H,1H3. The summed E-state index contributed by atoms with van der Waals surface area (Å²) < 4.78 is 2.02. The van der Waals surface area contributed by atoms with Gasteiger partial charge in [0.25, 0.3) is 0 Å². The first-order chi connectivity index (χ1) is 8.31. The van der Waals surface area contributed by atoms with Gasteiger partial charge in [0.05, 0.1) is 16.3 Å². The van der Waals surface area contributed by atoms with Crippen molar-refractivity contribution in [2.75, 3.05) is 0 Å². The number of hydrogen-bond donors (Lipinski definition) is 0. The molecule has 17 heavy (non-hydrogen) atoms. The average molecular weight is 242 g/mol. The van der Waals surface area contributed by atoms with E-state index in [1.807, 2.05) is 47.2 Å². The fourth-order valence-electron chi connectivity index (χ4n) is 2.05. The molecule has 84 valence electrons. The van der Waals surface area contributed by atoms with Crippen LogP contribution in [0.3, 0.4) is 0 Å². The van der Waals surface area contributed by atoms with Gasteiger partial charge in [-0.15, -0.1) is 11.3 Å². The second-order valence-corrected chi connectivity index (χ2v) is 4.74. The number of imidazole rings is 1. The normalized spacial score (nSPS) is 10.9. The Morgan fingerprint density at radius 1 is 1.35 bits per heavy atom. The molecule has 3 rings (SSSR count). The molecule has 0 radical (unpaired) electrons. The lowest BCUT2D eigenvalue weighted by atomic mass is 10.1. The van der Waals surface area contributed by atoms with Gasteiger partial charge >= 0.3 is 0 Å². The van der Waals surface area contributed by atoms with Crippen LogP contribution in [0.5, 0.6) is 0 Å². The topological polar surface area (TPSA) is 34.4 Å². The Bertz CT molecular complexity index is 696. The van der Waals surface area contributed by atoms with Gasteiger partial charge in [-0.1, -0.05) is 6.07 Å². The molecule has 4 heteroatoms. The predicted octanol–water partition coefficient (Wildman–Crippen LogP) is 3.18. The third-order valence-corrected chi connectivity index (χ3v) is 3.60. The Hall–Kier alpha value is -1.94. The molecule has 0 bridgehead atoms. The number of nitrogens with zero attached hydrogens (tertiary/aromatic N) is 2. The first kappa shape index (κ1) is 10.2. The number of aromatic nitrogens is 2. The van der Waals surface area contributed by atoms with E-state index in [0.717, 1.165) is 33.8 Å². The molecule has 0 fully saturated rings. The maximum atomic E-state index is 11.0. The summed E-state index contributed by atoms with van der Waals surface area (Å²) in [5, 5.41) is 1.93. The summed E-state index contributed by atoms with van der Waals surface area (Å²) in [5.74, 6) is 0. The Kier molecular flexibility index (Phi) is 2.30. The molecule has 0 aliphatic rings. The van der Waals surface area contributed by atoms with Crippen LogP contribution in [0.25, 0.3) is 16.9 Å². The summed E-state index contributed by atoms with van der Waals surface area (Å²) in [6, 6.07) is 7.85. The molecule has 0 saturated carbocycles. The third kappa shape index (κ3) is 1.49. The number of carbonyl (C=O) groups excluding carboxylic acids is 1. The van der Waals surface area contributed by atoms with Crippen LogP contribution in [0.15, 0.2) is 35.8 Å². The maximum absolute atomic E-state index is 11.0. The van der Waals surface area contributed by atoms with E-state index in [1.54, 1.807) is 0 Å². The van der Waals surface area contributed by atoms with Crippen molar-refractivity contribution >= 4 is 23.3 Å².